The molecule has 0 aliphatic carbocycles. The van der Waals surface area contributed by atoms with Gasteiger partial charge in [0.05, 0.1) is 17.1 Å². The molecule has 0 fully saturated rings. The summed E-state index contributed by atoms with van der Waals surface area (Å²) in [4.78, 5) is 15.7. The Labute approximate surface area is 121 Å². The summed E-state index contributed by atoms with van der Waals surface area (Å²) >= 11 is 0. The summed E-state index contributed by atoms with van der Waals surface area (Å²) < 4.78 is 5.60. The number of carbonyl (C=O) groups is 1. The summed E-state index contributed by atoms with van der Waals surface area (Å²) in [6, 6.07) is 15.4. The van der Waals surface area contributed by atoms with Crippen LogP contribution < -0.4 is 10.1 Å². The van der Waals surface area contributed by atoms with E-state index < -0.39 is 0 Å². The molecule has 0 bridgehead atoms. The van der Waals surface area contributed by atoms with Gasteiger partial charge in [-0.05, 0) is 18.2 Å². The second-order valence-electron chi connectivity index (χ2n) is 5.12. The molecule has 2 aromatic carbocycles. The third kappa shape index (κ3) is 1.96. The predicted octanol–water partition coefficient (Wildman–Crippen LogP) is 3.03. The number of carbonyl (C=O) groups excluding carboxylic acids is 1. The summed E-state index contributed by atoms with van der Waals surface area (Å²) in [7, 11) is 0. The van der Waals surface area contributed by atoms with E-state index in [9.17, 15) is 4.79 Å². The highest BCUT2D eigenvalue weighted by atomic mass is 16.5. The molecule has 4 nitrogen and oxygen atoms in total. The highest BCUT2D eigenvalue weighted by Gasteiger charge is 2.25. The van der Waals surface area contributed by atoms with Gasteiger partial charge in [-0.3, -0.25) is 4.79 Å². The molecule has 1 aromatic heterocycles. The zero-order valence-corrected chi connectivity index (χ0v) is 11.3. The number of rotatable bonds is 2. The fourth-order valence-corrected chi connectivity index (χ4v) is 2.79. The number of aromatic amines is 1. The van der Waals surface area contributed by atoms with Crippen molar-refractivity contribution in [3.63, 3.8) is 0 Å². The Balaban J connectivity index is 1.64. The van der Waals surface area contributed by atoms with Gasteiger partial charge in [-0.2, -0.15) is 0 Å². The minimum atomic E-state index is -0.0982. The predicted molar refractivity (Wildman–Crippen MR) is 80.4 cm³/mol. The van der Waals surface area contributed by atoms with Gasteiger partial charge in [0.25, 0.3) is 5.91 Å². The quantitative estimate of drug-likeness (QED) is 0.757. The molecule has 0 spiro atoms. The second kappa shape index (κ2) is 4.66. The van der Waals surface area contributed by atoms with Crippen molar-refractivity contribution in [2.24, 2.45) is 0 Å². The highest BCUT2D eigenvalue weighted by molar-refractivity contribution is 6.05. The van der Waals surface area contributed by atoms with Crippen molar-refractivity contribution in [3.8, 4) is 5.75 Å². The van der Waals surface area contributed by atoms with Gasteiger partial charge in [0.1, 0.15) is 12.4 Å². The van der Waals surface area contributed by atoms with E-state index in [0.717, 1.165) is 22.2 Å². The Morgan fingerprint density at radius 3 is 3.00 bits per heavy atom. The van der Waals surface area contributed by atoms with Crippen molar-refractivity contribution in [1.82, 2.24) is 10.3 Å². The largest absolute Gasteiger partial charge is 0.491 e. The van der Waals surface area contributed by atoms with E-state index in [2.05, 4.69) is 10.3 Å². The number of H-pyrrole nitrogens is 1. The number of ether oxygens (including phenoxy) is 1. The Hall–Kier alpha value is -2.75. The van der Waals surface area contributed by atoms with E-state index in [1.165, 1.54) is 0 Å². The van der Waals surface area contributed by atoms with Gasteiger partial charge in [0.2, 0.25) is 0 Å². The molecular weight excluding hydrogens is 264 g/mol. The standard InChI is InChI=1S/C17H14N2O2/c20-17(13-6-3-4-11-8-9-18-16(11)13)19-14-10-21-15-7-2-1-5-12(14)15/h1-9,14,18H,10H2,(H,19,20). The van der Waals surface area contributed by atoms with E-state index >= 15 is 0 Å². The average molecular weight is 278 g/mol. The average Bonchev–Trinajstić information content (AvgIpc) is 3.14. The monoisotopic (exact) mass is 278 g/mol. The summed E-state index contributed by atoms with van der Waals surface area (Å²) in [5.41, 5.74) is 2.55. The molecule has 0 saturated carbocycles. The van der Waals surface area contributed by atoms with Crippen LogP contribution in [0, 0.1) is 0 Å². The molecule has 2 N–H and O–H groups in total. The van der Waals surface area contributed by atoms with E-state index in [0.29, 0.717) is 12.2 Å². The highest BCUT2D eigenvalue weighted by Crippen LogP contribution is 2.32. The van der Waals surface area contributed by atoms with Crippen LogP contribution in [0.25, 0.3) is 10.9 Å². The SMILES string of the molecule is O=C(NC1COc2ccccc21)c1cccc2cc[nH]c12. The summed E-state index contributed by atoms with van der Waals surface area (Å²) in [5, 5.41) is 4.08. The van der Waals surface area contributed by atoms with Crippen LogP contribution in [0.5, 0.6) is 5.75 Å². The number of amides is 1. The maximum atomic E-state index is 12.5. The lowest BCUT2D eigenvalue weighted by Crippen LogP contribution is -2.29. The first-order valence-electron chi connectivity index (χ1n) is 6.91. The Bertz CT molecular complexity index is 822. The minimum absolute atomic E-state index is 0.0895. The molecule has 4 rings (SSSR count). The van der Waals surface area contributed by atoms with Gasteiger partial charge >= 0.3 is 0 Å². The number of aromatic nitrogens is 1. The summed E-state index contributed by atoms with van der Waals surface area (Å²) in [6.07, 6.45) is 1.84. The van der Waals surface area contributed by atoms with Crippen molar-refractivity contribution in [1.29, 1.82) is 0 Å². The van der Waals surface area contributed by atoms with E-state index in [1.54, 1.807) is 0 Å². The number of benzene rings is 2. The van der Waals surface area contributed by atoms with Gasteiger partial charge in [0, 0.05) is 17.1 Å². The molecule has 1 atom stereocenters. The first-order chi connectivity index (χ1) is 10.3. The van der Waals surface area contributed by atoms with Crippen molar-refractivity contribution < 1.29 is 9.53 Å². The minimum Gasteiger partial charge on any atom is -0.491 e. The molecule has 0 radical (unpaired) electrons. The molecule has 1 unspecified atom stereocenters. The fraction of sp³-hybridized carbons (Fsp3) is 0.118. The van der Waals surface area contributed by atoms with Crippen molar-refractivity contribution >= 4 is 16.8 Å². The van der Waals surface area contributed by atoms with Crippen LogP contribution in [-0.2, 0) is 0 Å². The van der Waals surface area contributed by atoms with Crippen LogP contribution in [0.15, 0.2) is 54.7 Å². The summed E-state index contributed by atoms with van der Waals surface area (Å²) in [5.74, 6) is 0.759. The zero-order valence-electron chi connectivity index (χ0n) is 11.3. The van der Waals surface area contributed by atoms with Crippen molar-refractivity contribution in [2.75, 3.05) is 6.61 Å². The second-order valence-corrected chi connectivity index (χ2v) is 5.12. The molecule has 104 valence electrons. The van der Waals surface area contributed by atoms with Crippen molar-refractivity contribution in [3.05, 3.63) is 65.9 Å². The van der Waals surface area contributed by atoms with Crippen LogP contribution >= 0.6 is 0 Å². The molecule has 4 heteroatoms. The third-order valence-corrected chi connectivity index (χ3v) is 3.84. The number of nitrogens with one attached hydrogen (secondary N) is 2. The molecule has 1 aliphatic rings. The van der Waals surface area contributed by atoms with Gasteiger partial charge in [0.15, 0.2) is 0 Å². The van der Waals surface area contributed by atoms with E-state index in [1.807, 2.05) is 54.7 Å². The third-order valence-electron chi connectivity index (χ3n) is 3.84. The molecule has 3 aromatic rings. The lowest BCUT2D eigenvalue weighted by atomic mass is 10.1. The Morgan fingerprint density at radius 2 is 2.05 bits per heavy atom. The number of hydrogen-bond donors (Lipinski definition) is 2. The number of hydrogen-bond acceptors (Lipinski definition) is 2. The molecule has 21 heavy (non-hydrogen) atoms. The van der Waals surface area contributed by atoms with Crippen LogP contribution in [-0.4, -0.2) is 17.5 Å². The van der Waals surface area contributed by atoms with Gasteiger partial charge in [-0.25, -0.2) is 0 Å². The number of fused-ring (bicyclic) bond motifs is 2. The van der Waals surface area contributed by atoms with Crippen LogP contribution in [0.2, 0.25) is 0 Å². The lowest BCUT2D eigenvalue weighted by molar-refractivity contribution is 0.0932. The molecule has 1 amide bonds. The van der Waals surface area contributed by atoms with Crippen LogP contribution in [0.4, 0.5) is 0 Å². The van der Waals surface area contributed by atoms with Crippen LogP contribution in [0.3, 0.4) is 0 Å². The van der Waals surface area contributed by atoms with Crippen LogP contribution in [0.1, 0.15) is 22.0 Å². The maximum absolute atomic E-state index is 12.5. The molecule has 1 aliphatic heterocycles. The molecule has 0 saturated heterocycles. The first-order valence-corrected chi connectivity index (χ1v) is 6.91. The smallest absolute Gasteiger partial charge is 0.254 e. The van der Waals surface area contributed by atoms with Gasteiger partial charge < -0.3 is 15.0 Å². The van der Waals surface area contributed by atoms with Crippen molar-refractivity contribution in [2.45, 2.75) is 6.04 Å². The molecule has 2 heterocycles. The van der Waals surface area contributed by atoms with Gasteiger partial charge in [-0.15, -0.1) is 0 Å². The Morgan fingerprint density at radius 1 is 1.14 bits per heavy atom. The normalized spacial score (nSPS) is 16.5. The number of para-hydroxylation sites is 2. The first kappa shape index (κ1) is 12.0. The lowest BCUT2D eigenvalue weighted by Gasteiger charge is -2.12. The zero-order chi connectivity index (χ0) is 14.2. The van der Waals surface area contributed by atoms with E-state index in [-0.39, 0.29) is 11.9 Å². The molecular formula is C17H14N2O2. The summed E-state index contributed by atoms with van der Waals surface area (Å²) in [6.45, 7) is 0.478. The van der Waals surface area contributed by atoms with Gasteiger partial charge in [-0.1, -0.05) is 30.3 Å². The maximum Gasteiger partial charge on any atom is 0.254 e. The Kier molecular flexibility index (Phi) is 2.67. The fourth-order valence-electron chi connectivity index (χ4n) is 2.79. The van der Waals surface area contributed by atoms with E-state index in [4.69, 9.17) is 4.74 Å². The topological polar surface area (TPSA) is 54.1 Å².